The van der Waals surface area contributed by atoms with E-state index in [-0.39, 0.29) is 17.5 Å². The highest BCUT2D eigenvalue weighted by atomic mass is 15.3. The van der Waals surface area contributed by atoms with Crippen LogP contribution >= 0.6 is 0 Å². The first-order valence-electron chi connectivity index (χ1n) is 14.4. The normalized spacial score (nSPS) is 24.3. The first-order chi connectivity index (χ1) is 20.2. The van der Waals surface area contributed by atoms with Crippen LogP contribution in [-0.4, -0.2) is 17.8 Å². The lowest BCUT2D eigenvalue weighted by molar-refractivity contribution is 0.469. The van der Waals surface area contributed by atoms with Gasteiger partial charge in [0.25, 0.3) is 0 Å². The molecule has 2 aliphatic heterocycles. The van der Waals surface area contributed by atoms with E-state index in [2.05, 4.69) is 138 Å². The monoisotopic (exact) mass is 532 g/mol. The summed E-state index contributed by atoms with van der Waals surface area (Å²) in [6, 6.07) is 28.4. The van der Waals surface area contributed by atoms with Crippen molar-refractivity contribution in [2.45, 2.75) is 37.8 Å². The molecule has 0 saturated carbocycles. The second-order valence-electron chi connectivity index (χ2n) is 11.1. The summed E-state index contributed by atoms with van der Waals surface area (Å²) < 4.78 is 0. The van der Waals surface area contributed by atoms with Crippen LogP contribution in [0.3, 0.4) is 0 Å². The average Bonchev–Trinajstić information content (AvgIpc) is 3.04. The lowest BCUT2D eigenvalue weighted by Gasteiger charge is -2.56. The fraction of sp³-hybridized carbons (Fsp3) is 0.189. The number of hydrogen-bond acceptors (Lipinski definition) is 4. The van der Waals surface area contributed by atoms with Gasteiger partial charge in [-0.2, -0.15) is 5.26 Å². The molecule has 200 valence electrons. The van der Waals surface area contributed by atoms with Crippen LogP contribution in [0, 0.1) is 17.2 Å². The number of nitriles is 1. The molecule has 41 heavy (non-hydrogen) atoms. The van der Waals surface area contributed by atoms with Gasteiger partial charge in [-0.3, -0.25) is 4.99 Å². The number of fused-ring (bicyclic) bond motifs is 2. The van der Waals surface area contributed by atoms with E-state index in [1.165, 1.54) is 17.1 Å². The summed E-state index contributed by atoms with van der Waals surface area (Å²) >= 11 is 0. The third-order valence-electron chi connectivity index (χ3n) is 8.58. The molecule has 3 unspecified atom stereocenters. The van der Waals surface area contributed by atoms with E-state index in [1.54, 1.807) is 0 Å². The molecule has 4 heteroatoms. The number of anilines is 3. The number of hydrogen-bond donors (Lipinski definition) is 0. The van der Waals surface area contributed by atoms with Crippen LogP contribution < -0.4 is 9.80 Å². The van der Waals surface area contributed by atoms with E-state index in [9.17, 15) is 5.26 Å². The molecular weight excluding hydrogens is 500 g/mol. The van der Waals surface area contributed by atoms with Gasteiger partial charge in [0, 0.05) is 35.1 Å². The average molecular weight is 533 g/mol. The topological polar surface area (TPSA) is 42.6 Å². The molecule has 0 N–H and O–H groups in total. The van der Waals surface area contributed by atoms with Crippen LogP contribution in [0.5, 0.6) is 0 Å². The molecule has 0 radical (unpaired) electrons. The number of nitrogens with zero attached hydrogens (tertiary/aromatic N) is 4. The summed E-state index contributed by atoms with van der Waals surface area (Å²) in [6.45, 7) is 2.35. The van der Waals surface area contributed by atoms with Crippen molar-refractivity contribution in [1.29, 1.82) is 5.26 Å². The summed E-state index contributed by atoms with van der Waals surface area (Å²) in [5.41, 5.74) is 8.63. The van der Waals surface area contributed by atoms with Gasteiger partial charge in [0.2, 0.25) is 0 Å². The lowest BCUT2D eigenvalue weighted by Crippen LogP contribution is -2.61. The largest absolute Gasteiger partial charge is 0.330 e. The Morgan fingerprint density at radius 1 is 0.854 bits per heavy atom. The maximum Gasteiger partial charge on any atom is 0.0851 e. The van der Waals surface area contributed by atoms with Crippen LogP contribution in [0.1, 0.15) is 31.7 Å². The minimum absolute atomic E-state index is 0.0572. The Hall–Kier alpha value is -4.88. The fourth-order valence-corrected chi connectivity index (χ4v) is 6.66. The van der Waals surface area contributed by atoms with E-state index in [0.717, 1.165) is 40.9 Å². The van der Waals surface area contributed by atoms with Crippen molar-refractivity contribution >= 4 is 29.0 Å². The molecule has 3 aromatic rings. The molecule has 7 rings (SSSR count). The van der Waals surface area contributed by atoms with Crippen LogP contribution in [-0.2, 0) is 0 Å². The van der Waals surface area contributed by atoms with Crippen molar-refractivity contribution < 1.29 is 0 Å². The summed E-state index contributed by atoms with van der Waals surface area (Å²) in [5, 5.41) is 9.61. The van der Waals surface area contributed by atoms with Crippen molar-refractivity contribution in [2.75, 3.05) is 9.80 Å². The van der Waals surface area contributed by atoms with Gasteiger partial charge < -0.3 is 9.80 Å². The van der Waals surface area contributed by atoms with E-state index in [4.69, 9.17) is 4.99 Å². The highest BCUT2D eigenvalue weighted by Gasteiger charge is 2.48. The predicted octanol–water partition coefficient (Wildman–Crippen LogP) is 8.75. The van der Waals surface area contributed by atoms with Crippen molar-refractivity contribution in [1.82, 2.24) is 0 Å². The zero-order chi connectivity index (χ0) is 27.8. The first kappa shape index (κ1) is 25.1. The minimum Gasteiger partial charge on any atom is -0.330 e. The Morgan fingerprint density at radius 2 is 1.59 bits per heavy atom. The third-order valence-corrected chi connectivity index (χ3v) is 8.58. The van der Waals surface area contributed by atoms with Crippen LogP contribution in [0.4, 0.5) is 17.1 Å². The lowest BCUT2D eigenvalue weighted by atomic mass is 9.80. The Kier molecular flexibility index (Phi) is 6.29. The molecule has 3 aromatic carbocycles. The van der Waals surface area contributed by atoms with E-state index in [0.29, 0.717) is 6.42 Å². The molecule has 0 saturated heterocycles. The molecule has 4 aliphatic rings. The maximum absolute atomic E-state index is 9.61. The first-order valence-corrected chi connectivity index (χ1v) is 14.4. The number of aliphatic imine (C=N–C) groups is 1. The van der Waals surface area contributed by atoms with Gasteiger partial charge in [-0.25, -0.2) is 0 Å². The van der Waals surface area contributed by atoms with Crippen molar-refractivity contribution in [3.8, 4) is 17.2 Å². The quantitative estimate of drug-likeness (QED) is 0.337. The second kappa shape index (κ2) is 10.3. The van der Waals surface area contributed by atoms with Crippen molar-refractivity contribution in [3.05, 3.63) is 133 Å². The highest BCUT2D eigenvalue weighted by Crippen LogP contribution is 2.52. The standard InChI is InChI=1S/C37H32N4/c1-37-23-12-11-21-36(37)40(34-19-9-10-20-35(34)41(37)28-13-3-2-4-14-28)33-18-8-7-17-31(33)29-15-5-6-16-30(29)32-25-27(26-38)22-24-39-32/h3,5-21,23-25,27,36H,2,4,22H2,1H3. The second-order valence-corrected chi connectivity index (χ2v) is 11.1. The Balaban J connectivity index is 1.44. The molecule has 0 aromatic heterocycles. The fourth-order valence-electron chi connectivity index (χ4n) is 6.66. The highest BCUT2D eigenvalue weighted by molar-refractivity contribution is 5.94. The van der Waals surface area contributed by atoms with Gasteiger partial charge in [0.05, 0.1) is 40.6 Å². The predicted molar refractivity (Wildman–Crippen MR) is 170 cm³/mol. The number of allylic oxidation sites excluding steroid dienone is 6. The van der Waals surface area contributed by atoms with Crippen LogP contribution in [0.25, 0.3) is 16.8 Å². The van der Waals surface area contributed by atoms with Gasteiger partial charge in [0.15, 0.2) is 0 Å². The molecule has 0 amide bonds. The molecular formula is C37H32N4. The smallest absolute Gasteiger partial charge is 0.0851 e. The van der Waals surface area contributed by atoms with E-state index in [1.807, 2.05) is 12.3 Å². The van der Waals surface area contributed by atoms with Crippen molar-refractivity contribution in [3.63, 3.8) is 0 Å². The molecule has 0 spiro atoms. The van der Waals surface area contributed by atoms with Crippen LogP contribution in [0.15, 0.2) is 132 Å². The molecule has 0 bridgehead atoms. The number of rotatable bonds is 4. The minimum atomic E-state index is -0.306. The van der Waals surface area contributed by atoms with Gasteiger partial charge in [-0.05, 0) is 55.7 Å². The Labute approximate surface area is 242 Å². The molecule has 2 aliphatic carbocycles. The summed E-state index contributed by atoms with van der Waals surface area (Å²) in [5.74, 6) is -0.159. The molecule has 3 atom stereocenters. The van der Waals surface area contributed by atoms with E-state index < -0.39 is 0 Å². The SMILES string of the molecule is CC12C=CC=CC1N(c1ccccc1-c1ccccc1C1=CC(C#N)CC=N1)c1ccccc1N2C1=CCCC=C1. The van der Waals surface area contributed by atoms with Crippen LogP contribution in [0.2, 0.25) is 0 Å². The maximum atomic E-state index is 9.61. The number of benzene rings is 3. The number of para-hydroxylation sites is 3. The zero-order valence-electron chi connectivity index (χ0n) is 23.2. The van der Waals surface area contributed by atoms with E-state index >= 15 is 0 Å². The van der Waals surface area contributed by atoms with Gasteiger partial charge in [0.1, 0.15) is 0 Å². The van der Waals surface area contributed by atoms with Gasteiger partial charge >= 0.3 is 0 Å². The summed E-state index contributed by atoms with van der Waals surface area (Å²) in [4.78, 5) is 9.77. The summed E-state index contributed by atoms with van der Waals surface area (Å²) in [7, 11) is 0. The Bertz CT molecular complexity index is 1730. The zero-order valence-corrected chi connectivity index (χ0v) is 23.2. The molecule has 4 nitrogen and oxygen atoms in total. The molecule has 0 fully saturated rings. The van der Waals surface area contributed by atoms with Gasteiger partial charge in [-0.1, -0.05) is 91.1 Å². The summed E-state index contributed by atoms with van der Waals surface area (Å²) in [6.07, 6.45) is 22.7. The molecule has 2 heterocycles. The third kappa shape index (κ3) is 4.17. The van der Waals surface area contributed by atoms with Gasteiger partial charge in [-0.15, -0.1) is 0 Å². The Morgan fingerprint density at radius 3 is 2.37 bits per heavy atom. The van der Waals surface area contributed by atoms with Crippen molar-refractivity contribution in [2.24, 2.45) is 10.9 Å².